The molecular weight excluding hydrogens is 280 g/mol. The largest absolute Gasteiger partial charge is 0.289 e. The molecule has 0 radical (unpaired) electrons. The van der Waals surface area contributed by atoms with Gasteiger partial charge in [-0.2, -0.15) is 0 Å². The highest BCUT2D eigenvalue weighted by Gasteiger charge is 2.31. The molecule has 2 aliphatic carbocycles. The first-order valence-corrected chi connectivity index (χ1v) is 7.16. The van der Waals surface area contributed by atoms with E-state index in [4.69, 9.17) is 11.6 Å². The van der Waals surface area contributed by atoms with Crippen LogP contribution in [0.5, 0.6) is 0 Å². The molecular formula is C19H11ClO. The Labute approximate surface area is 127 Å². The summed E-state index contributed by atoms with van der Waals surface area (Å²) in [6.07, 6.45) is 3.86. The third-order valence-corrected chi connectivity index (χ3v) is 4.18. The summed E-state index contributed by atoms with van der Waals surface area (Å²) < 4.78 is 0. The van der Waals surface area contributed by atoms with Gasteiger partial charge in [0, 0.05) is 11.1 Å². The second-order valence-corrected chi connectivity index (χ2v) is 5.53. The number of rotatable bonds is 1. The fourth-order valence-electron chi connectivity index (χ4n) is 2.91. The van der Waals surface area contributed by atoms with Crippen molar-refractivity contribution in [1.82, 2.24) is 0 Å². The highest BCUT2D eigenvalue weighted by atomic mass is 35.5. The van der Waals surface area contributed by atoms with E-state index in [2.05, 4.69) is 0 Å². The Kier molecular flexibility index (Phi) is 2.69. The summed E-state index contributed by atoms with van der Waals surface area (Å²) in [6.45, 7) is 0. The minimum absolute atomic E-state index is 0.0000926. The van der Waals surface area contributed by atoms with Crippen LogP contribution in [0.4, 0.5) is 0 Å². The monoisotopic (exact) mass is 290 g/mol. The van der Waals surface area contributed by atoms with Gasteiger partial charge < -0.3 is 0 Å². The molecule has 0 saturated carbocycles. The maximum Gasteiger partial charge on any atom is 0.195 e. The van der Waals surface area contributed by atoms with Crippen LogP contribution in [0.25, 0.3) is 17.2 Å². The van der Waals surface area contributed by atoms with Crippen LogP contribution in [0, 0.1) is 0 Å². The van der Waals surface area contributed by atoms with E-state index in [1.54, 1.807) is 0 Å². The van der Waals surface area contributed by atoms with Gasteiger partial charge in [-0.1, -0.05) is 66.2 Å². The minimum Gasteiger partial charge on any atom is -0.289 e. The zero-order chi connectivity index (χ0) is 14.4. The number of hydrogen-bond donors (Lipinski definition) is 0. The first kappa shape index (κ1) is 12.4. The van der Waals surface area contributed by atoms with Crippen molar-refractivity contribution in [2.45, 2.75) is 0 Å². The lowest BCUT2D eigenvalue weighted by molar-refractivity contribution is -0.110. The third-order valence-electron chi connectivity index (χ3n) is 3.89. The number of carbonyl (C=O) groups excluding carboxylic acids is 1. The average molecular weight is 291 g/mol. The molecule has 0 atom stereocenters. The van der Waals surface area contributed by atoms with Gasteiger partial charge in [-0.25, -0.2) is 0 Å². The van der Waals surface area contributed by atoms with E-state index in [0.29, 0.717) is 10.6 Å². The molecule has 4 rings (SSSR count). The summed E-state index contributed by atoms with van der Waals surface area (Å²) in [5.74, 6) is -0.0000926. The molecule has 0 N–H and O–H groups in total. The molecule has 1 nitrogen and oxygen atoms in total. The molecule has 0 heterocycles. The van der Waals surface area contributed by atoms with Crippen LogP contribution < -0.4 is 0 Å². The van der Waals surface area contributed by atoms with Crippen LogP contribution in [0.2, 0.25) is 0 Å². The molecule has 0 amide bonds. The van der Waals surface area contributed by atoms with Crippen LogP contribution in [-0.4, -0.2) is 5.78 Å². The van der Waals surface area contributed by atoms with Crippen molar-refractivity contribution in [2.24, 2.45) is 0 Å². The van der Waals surface area contributed by atoms with Crippen molar-refractivity contribution >= 4 is 34.6 Å². The van der Waals surface area contributed by atoms with Crippen molar-refractivity contribution < 1.29 is 4.79 Å². The number of hydrogen-bond acceptors (Lipinski definition) is 1. The lowest BCUT2D eigenvalue weighted by Crippen LogP contribution is -2.10. The maximum atomic E-state index is 12.8. The third kappa shape index (κ3) is 1.82. The highest BCUT2D eigenvalue weighted by molar-refractivity contribution is 6.48. The predicted molar refractivity (Wildman–Crippen MR) is 86.6 cm³/mol. The molecule has 0 fully saturated rings. The molecule has 100 valence electrons. The van der Waals surface area contributed by atoms with Crippen molar-refractivity contribution in [3.8, 4) is 0 Å². The number of carbonyl (C=O) groups is 1. The molecule has 2 aromatic rings. The van der Waals surface area contributed by atoms with E-state index in [9.17, 15) is 4.79 Å². The maximum absolute atomic E-state index is 12.8. The first-order valence-electron chi connectivity index (χ1n) is 6.79. The topological polar surface area (TPSA) is 17.1 Å². The van der Waals surface area contributed by atoms with Gasteiger partial charge >= 0.3 is 0 Å². The Bertz CT molecular complexity index is 854. The number of fused-ring (bicyclic) bond motifs is 3. The molecule has 0 aliphatic heterocycles. The number of halogens is 1. The van der Waals surface area contributed by atoms with Crippen molar-refractivity contribution in [2.75, 3.05) is 0 Å². The zero-order valence-electron chi connectivity index (χ0n) is 11.1. The average Bonchev–Trinajstić information content (AvgIpc) is 2.88. The highest BCUT2D eigenvalue weighted by Crippen LogP contribution is 2.43. The second kappa shape index (κ2) is 4.57. The molecule has 2 aromatic carbocycles. The van der Waals surface area contributed by atoms with Gasteiger partial charge in [-0.15, -0.1) is 0 Å². The molecule has 2 aliphatic rings. The van der Waals surface area contributed by atoms with E-state index < -0.39 is 0 Å². The van der Waals surface area contributed by atoms with Gasteiger partial charge in [0.05, 0.1) is 5.03 Å². The van der Waals surface area contributed by atoms with Crippen molar-refractivity contribution in [3.05, 3.63) is 88.0 Å². The summed E-state index contributed by atoms with van der Waals surface area (Å²) in [6, 6.07) is 17.6. The number of Topliss-reactive ketones (excluding diaryl/α,β-unsaturated/α-hetero) is 1. The summed E-state index contributed by atoms with van der Waals surface area (Å²) in [5, 5.41) is 0.509. The number of benzene rings is 2. The number of ketones is 1. The lowest BCUT2D eigenvalue weighted by Gasteiger charge is -2.16. The van der Waals surface area contributed by atoms with Gasteiger partial charge in [0.25, 0.3) is 0 Å². The summed E-state index contributed by atoms with van der Waals surface area (Å²) >= 11 is 6.40. The number of allylic oxidation sites excluding steroid dienone is 5. The predicted octanol–water partition coefficient (Wildman–Crippen LogP) is 4.70. The zero-order valence-corrected chi connectivity index (χ0v) is 11.9. The van der Waals surface area contributed by atoms with Crippen molar-refractivity contribution in [3.63, 3.8) is 0 Å². The quantitative estimate of drug-likeness (QED) is 0.744. The van der Waals surface area contributed by atoms with Crippen LogP contribution in [0.15, 0.2) is 71.3 Å². The Balaban J connectivity index is 1.92. The Morgan fingerprint density at radius 3 is 2.29 bits per heavy atom. The van der Waals surface area contributed by atoms with E-state index in [0.717, 1.165) is 27.8 Å². The van der Waals surface area contributed by atoms with Crippen LogP contribution >= 0.6 is 11.6 Å². The van der Waals surface area contributed by atoms with Gasteiger partial charge in [-0.05, 0) is 34.4 Å². The second-order valence-electron chi connectivity index (χ2n) is 5.12. The Morgan fingerprint density at radius 1 is 0.762 bits per heavy atom. The van der Waals surface area contributed by atoms with Crippen LogP contribution in [-0.2, 0) is 4.79 Å². The van der Waals surface area contributed by atoms with Crippen LogP contribution in [0.3, 0.4) is 0 Å². The summed E-state index contributed by atoms with van der Waals surface area (Å²) in [5.41, 5.74) is 5.26. The smallest absolute Gasteiger partial charge is 0.195 e. The molecule has 2 heteroatoms. The van der Waals surface area contributed by atoms with E-state index in [1.807, 2.05) is 66.7 Å². The standard InChI is InChI=1S/C19H11ClO/c20-17-11-15-14-9-5-4-8-13(14)10-16(15)19(21)18(17)12-6-2-1-3-7-12/h1-11H. The van der Waals surface area contributed by atoms with E-state index >= 15 is 0 Å². The molecule has 0 aromatic heterocycles. The summed E-state index contributed by atoms with van der Waals surface area (Å²) in [7, 11) is 0. The Hall–Kier alpha value is -2.38. The Morgan fingerprint density at radius 2 is 1.48 bits per heavy atom. The minimum atomic E-state index is -0.0000926. The summed E-state index contributed by atoms with van der Waals surface area (Å²) in [4.78, 5) is 12.8. The van der Waals surface area contributed by atoms with Gasteiger partial charge in [-0.3, -0.25) is 4.79 Å². The van der Waals surface area contributed by atoms with Crippen LogP contribution in [0.1, 0.15) is 16.7 Å². The molecule has 0 unspecified atom stereocenters. The fourth-order valence-corrected chi connectivity index (χ4v) is 3.21. The van der Waals surface area contributed by atoms with Gasteiger partial charge in [0.1, 0.15) is 0 Å². The molecule has 0 bridgehead atoms. The lowest BCUT2D eigenvalue weighted by atomic mass is 9.88. The van der Waals surface area contributed by atoms with E-state index in [-0.39, 0.29) is 5.78 Å². The van der Waals surface area contributed by atoms with Gasteiger partial charge in [0.15, 0.2) is 5.78 Å². The van der Waals surface area contributed by atoms with Crippen molar-refractivity contribution in [1.29, 1.82) is 0 Å². The van der Waals surface area contributed by atoms with E-state index in [1.165, 1.54) is 0 Å². The fraction of sp³-hybridized carbons (Fsp3) is 0. The first-order chi connectivity index (χ1) is 10.3. The van der Waals surface area contributed by atoms with Gasteiger partial charge in [0.2, 0.25) is 0 Å². The molecule has 0 saturated heterocycles. The molecule has 21 heavy (non-hydrogen) atoms. The normalized spacial score (nSPS) is 16.3. The molecule has 0 spiro atoms. The SMILES string of the molecule is O=C1C2=Cc3ccccc3C2=CC(Cl)=C1c1ccccc1.